The average Bonchev–Trinajstić information content (AvgIpc) is 2.55. The van der Waals surface area contributed by atoms with E-state index in [1.807, 2.05) is 63.2 Å². The molecule has 0 bridgehead atoms. The second-order valence-electron chi connectivity index (χ2n) is 7.08. The molecule has 138 valence electrons. The van der Waals surface area contributed by atoms with Gasteiger partial charge in [-0.05, 0) is 51.0 Å². The molecule has 0 aromatic heterocycles. The molecule has 5 nitrogen and oxygen atoms in total. The van der Waals surface area contributed by atoms with Crippen LogP contribution >= 0.6 is 0 Å². The van der Waals surface area contributed by atoms with Crippen molar-refractivity contribution < 1.29 is 9.53 Å². The first kappa shape index (κ1) is 19.7. The number of nitrogens with zero attached hydrogens (tertiary/aromatic N) is 1. The van der Waals surface area contributed by atoms with Crippen LogP contribution in [0.25, 0.3) is 0 Å². The van der Waals surface area contributed by atoms with Crippen LogP contribution in [0, 0.1) is 0 Å². The summed E-state index contributed by atoms with van der Waals surface area (Å²) in [5, 5.41) is 6.05. The molecule has 0 unspecified atom stereocenters. The van der Waals surface area contributed by atoms with Gasteiger partial charge < -0.3 is 10.1 Å². The maximum Gasteiger partial charge on any atom is 0.413 e. The minimum absolute atomic E-state index is 0.495. The van der Waals surface area contributed by atoms with Crippen LogP contribution in [0.4, 0.5) is 10.5 Å². The number of amidine groups is 1. The van der Waals surface area contributed by atoms with E-state index in [1.54, 1.807) is 6.92 Å². The average molecular weight is 353 g/mol. The number of carbonyl (C=O) groups is 1. The lowest BCUT2D eigenvalue weighted by molar-refractivity contribution is 0.0563. The molecule has 0 saturated carbocycles. The number of benzene rings is 2. The zero-order valence-corrected chi connectivity index (χ0v) is 15.9. The Morgan fingerprint density at radius 1 is 0.962 bits per heavy atom. The molecule has 0 saturated heterocycles. The first-order valence-corrected chi connectivity index (χ1v) is 8.71. The van der Waals surface area contributed by atoms with Crippen LogP contribution in [0.2, 0.25) is 0 Å². The number of rotatable bonds is 5. The van der Waals surface area contributed by atoms with E-state index in [0.29, 0.717) is 5.84 Å². The zero-order valence-electron chi connectivity index (χ0n) is 15.9. The number of aliphatic imine (C=N–C) groups is 1. The fourth-order valence-corrected chi connectivity index (χ4v) is 2.31. The number of hydrogen-bond acceptors (Lipinski definition) is 4. The van der Waals surface area contributed by atoms with Gasteiger partial charge in [-0.2, -0.15) is 0 Å². The Balaban J connectivity index is 1.83. The standard InChI is InChI=1S/C21H27N3O2/c1-16(24-20(25)26-21(2,3)4)23-19-12-10-18(11-13-19)15-22-14-17-8-6-5-7-9-17/h5-13,22H,14-15H2,1-4H3,(H,23,24,25). The van der Waals surface area contributed by atoms with Crippen molar-refractivity contribution in [2.24, 2.45) is 4.99 Å². The van der Waals surface area contributed by atoms with Crippen molar-refractivity contribution >= 4 is 17.6 Å². The van der Waals surface area contributed by atoms with Gasteiger partial charge in [0, 0.05) is 13.1 Å². The molecular formula is C21H27N3O2. The minimum Gasteiger partial charge on any atom is -0.444 e. The molecular weight excluding hydrogens is 326 g/mol. The summed E-state index contributed by atoms with van der Waals surface area (Å²) < 4.78 is 5.21. The largest absolute Gasteiger partial charge is 0.444 e. The minimum atomic E-state index is -0.529. The summed E-state index contributed by atoms with van der Waals surface area (Å²) in [6, 6.07) is 18.2. The lowest BCUT2D eigenvalue weighted by Crippen LogP contribution is -2.35. The molecule has 0 aliphatic heterocycles. The van der Waals surface area contributed by atoms with Gasteiger partial charge in [0.15, 0.2) is 0 Å². The molecule has 0 spiro atoms. The molecule has 2 N–H and O–H groups in total. The van der Waals surface area contributed by atoms with Crippen molar-refractivity contribution in [3.63, 3.8) is 0 Å². The van der Waals surface area contributed by atoms with Crippen LogP contribution in [0.15, 0.2) is 59.6 Å². The maximum atomic E-state index is 11.7. The van der Waals surface area contributed by atoms with E-state index in [4.69, 9.17) is 4.74 Å². The van der Waals surface area contributed by atoms with Crippen LogP contribution in [0.5, 0.6) is 0 Å². The van der Waals surface area contributed by atoms with E-state index < -0.39 is 11.7 Å². The van der Waals surface area contributed by atoms with E-state index in [9.17, 15) is 4.79 Å². The number of hydrogen-bond donors (Lipinski definition) is 2. The summed E-state index contributed by atoms with van der Waals surface area (Å²) >= 11 is 0. The van der Waals surface area contributed by atoms with Gasteiger partial charge in [0.25, 0.3) is 0 Å². The maximum absolute atomic E-state index is 11.7. The molecule has 2 aromatic carbocycles. The molecule has 0 fully saturated rings. The van der Waals surface area contributed by atoms with Crippen LogP contribution < -0.4 is 10.6 Å². The number of ether oxygens (including phenoxy) is 1. The monoisotopic (exact) mass is 353 g/mol. The second kappa shape index (κ2) is 9.15. The lowest BCUT2D eigenvalue weighted by Gasteiger charge is -2.19. The van der Waals surface area contributed by atoms with E-state index in [-0.39, 0.29) is 0 Å². The second-order valence-corrected chi connectivity index (χ2v) is 7.08. The van der Waals surface area contributed by atoms with Crippen LogP contribution in [-0.2, 0) is 17.8 Å². The van der Waals surface area contributed by atoms with Crippen molar-refractivity contribution in [2.45, 2.75) is 46.4 Å². The Labute approximate surface area is 155 Å². The van der Waals surface area contributed by atoms with Crippen LogP contribution in [-0.4, -0.2) is 17.5 Å². The first-order chi connectivity index (χ1) is 12.3. The third-order valence-corrected chi connectivity index (χ3v) is 3.42. The summed E-state index contributed by atoms with van der Waals surface area (Å²) in [6.45, 7) is 8.82. The summed E-state index contributed by atoms with van der Waals surface area (Å²) in [4.78, 5) is 16.1. The highest BCUT2D eigenvalue weighted by Crippen LogP contribution is 2.13. The fourth-order valence-electron chi connectivity index (χ4n) is 2.31. The van der Waals surface area contributed by atoms with Gasteiger partial charge in [0.1, 0.15) is 11.4 Å². The molecule has 0 aliphatic rings. The normalized spacial score (nSPS) is 11.9. The van der Waals surface area contributed by atoms with E-state index in [2.05, 4.69) is 27.8 Å². The quantitative estimate of drug-likeness (QED) is 0.612. The molecule has 2 aromatic rings. The molecule has 5 heteroatoms. The number of alkyl carbamates (subject to hydrolysis) is 1. The highest BCUT2D eigenvalue weighted by Gasteiger charge is 2.16. The van der Waals surface area contributed by atoms with Crippen molar-refractivity contribution in [1.82, 2.24) is 10.6 Å². The Morgan fingerprint density at radius 2 is 1.54 bits per heavy atom. The zero-order chi connectivity index (χ0) is 19.0. The van der Waals surface area contributed by atoms with E-state index in [0.717, 1.165) is 18.8 Å². The Bertz CT molecular complexity index is 732. The number of nitrogens with one attached hydrogen (secondary N) is 2. The lowest BCUT2D eigenvalue weighted by atomic mass is 10.2. The summed E-state index contributed by atoms with van der Waals surface area (Å²) in [6.07, 6.45) is -0.500. The molecule has 26 heavy (non-hydrogen) atoms. The Kier molecular flexibility index (Phi) is 6.92. The molecule has 1 amide bonds. The van der Waals surface area contributed by atoms with Gasteiger partial charge in [0.2, 0.25) is 0 Å². The molecule has 2 rings (SSSR count). The number of carbonyl (C=O) groups excluding carboxylic acids is 1. The first-order valence-electron chi connectivity index (χ1n) is 8.71. The van der Waals surface area contributed by atoms with E-state index in [1.165, 1.54) is 11.1 Å². The highest BCUT2D eigenvalue weighted by molar-refractivity contribution is 5.95. The summed E-state index contributed by atoms with van der Waals surface area (Å²) in [5.41, 5.74) is 2.69. The van der Waals surface area contributed by atoms with Crippen LogP contribution in [0.1, 0.15) is 38.8 Å². The van der Waals surface area contributed by atoms with Crippen LogP contribution in [0.3, 0.4) is 0 Å². The SMILES string of the molecule is CC(=Nc1ccc(CNCc2ccccc2)cc1)NC(=O)OC(C)(C)C. The topological polar surface area (TPSA) is 62.7 Å². The smallest absolute Gasteiger partial charge is 0.413 e. The van der Waals surface area contributed by atoms with Gasteiger partial charge in [-0.15, -0.1) is 0 Å². The van der Waals surface area contributed by atoms with E-state index >= 15 is 0 Å². The highest BCUT2D eigenvalue weighted by atomic mass is 16.6. The Hall–Kier alpha value is -2.66. The van der Waals surface area contributed by atoms with Gasteiger partial charge in [-0.1, -0.05) is 42.5 Å². The third-order valence-electron chi connectivity index (χ3n) is 3.42. The van der Waals surface area contributed by atoms with Crippen molar-refractivity contribution in [3.05, 3.63) is 65.7 Å². The van der Waals surface area contributed by atoms with Gasteiger partial charge >= 0.3 is 6.09 Å². The molecule has 0 radical (unpaired) electrons. The third kappa shape index (κ3) is 7.49. The van der Waals surface area contributed by atoms with Gasteiger partial charge in [-0.25, -0.2) is 9.79 Å². The summed E-state index contributed by atoms with van der Waals surface area (Å²) in [5.74, 6) is 0.495. The predicted molar refractivity (Wildman–Crippen MR) is 106 cm³/mol. The Morgan fingerprint density at radius 3 is 2.12 bits per heavy atom. The van der Waals surface area contributed by atoms with Gasteiger partial charge in [0.05, 0.1) is 5.69 Å². The fraction of sp³-hybridized carbons (Fsp3) is 0.333. The molecule has 0 aliphatic carbocycles. The molecule has 0 atom stereocenters. The van der Waals surface area contributed by atoms with Crippen molar-refractivity contribution in [3.8, 4) is 0 Å². The van der Waals surface area contributed by atoms with Crippen molar-refractivity contribution in [1.29, 1.82) is 0 Å². The summed E-state index contributed by atoms with van der Waals surface area (Å²) in [7, 11) is 0. The predicted octanol–water partition coefficient (Wildman–Crippen LogP) is 4.55. The molecule has 0 heterocycles. The van der Waals surface area contributed by atoms with Gasteiger partial charge in [-0.3, -0.25) is 5.32 Å². The number of amides is 1. The van der Waals surface area contributed by atoms with Crippen molar-refractivity contribution in [2.75, 3.05) is 0 Å².